The Hall–Kier alpha value is -2.33. The van der Waals surface area contributed by atoms with Crippen molar-refractivity contribution in [1.29, 1.82) is 0 Å². The number of anilines is 1. The van der Waals surface area contributed by atoms with Gasteiger partial charge in [0, 0.05) is 18.9 Å². The maximum atomic E-state index is 6.19. The molecule has 0 atom stereocenters. The number of aromatic nitrogens is 2. The summed E-state index contributed by atoms with van der Waals surface area (Å²) in [5, 5.41) is 0. The zero-order valence-corrected chi connectivity index (χ0v) is 11.6. The van der Waals surface area contributed by atoms with Crippen LogP contribution in [0.15, 0.2) is 42.6 Å². The van der Waals surface area contributed by atoms with Gasteiger partial charge in [-0.05, 0) is 30.2 Å². The topological polar surface area (TPSA) is 52.5 Å². The molecule has 0 aliphatic heterocycles. The van der Waals surface area contributed by atoms with Gasteiger partial charge < -0.3 is 10.5 Å². The number of benzene rings is 1. The van der Waals surface area contributed by atoms with Crippen LogP contribution >= 0.6 is 0 Å². The fourth-order valence-corrected chi connectivity index (χ4v) is 2.30. The molecule has 0 unspecified atom stereocenters. The van der Waals surface area contributed by atoms with Crippen molar-refractivity contribution in [2.24, 2.45) is 0 Å². The van der Waals surface area contributed by atoms with E-state index in [4.69, 9.17) is 10.5 Å². The number of rotatable bonds is 3. The largest absolute Gasteiger partial charge is 0.383 e. The highest BCUT2D eigenvalue weighted by Gasteiger charge is 2.11. The zero-order chi connectivity index (χ0) is 14.1. The number of methoxy groups -OCH3 is 1. The Bertz CT molecular complexity index is 744. The van der Waals surface area contributed by atoms with Gasteiger partial charge in [0.15, 0.2) is 0 Å². The number of imidazole rings is 1. The van der Waals surface area contributed by atoms with Crippen LogP contribution < -0.4 is 5.73 Å². The van der Waals surface area contributed by atoms with Gasteiger partial charge in [-0.1, -0.05) is 24.3 Å². The number of hydrogen-bond acceptors (Lipinski definition) is 3. The standard InChI is InChI=1S/C16H17N3O/c1-11-7-8-19-14(9-11)18-15(16(19)17)13-5-3-12(4-6-13)10-20-2/h3-9H,10,17H2,1-2H3. The van der Waals surface area contributed by atoms with Crippen LogP contribution in [-0.2, 0) is 11.3 Å². The summed E-state index contributed by atoms with van der Waals surface area (Å²) in [6.45, 7) is 2.66. The second-order valence-corrected chi connectivity index (χ2v) is 4.91. The van der Waals surface area contributed by atoms with Crippen LogP contribution in [0.4, 0.5) is 5.82 Å². The van der Waals surface area contributed by atoms with Crippen molar-refractivity contribution >= 4 is 11.5 Å². The molecule has 0 radical (unpaired) electrons. The van der Waals surface area contributed by atoms with Gasteiger partial charge in [-0.25, -0.2) is 4.98 Å². The van der Waals surface area contributed by atoms with Crippen LogP contribution in [0, 0.1) is 6.92 Å². The number of nitrogen functional groups attached to an aromatic ring is 1. The molecule has 0 bridgehead atoms. The Kier molecular flexibility index (Phi) is 3.16. The molecule has 1 aromatic carbocycles. The molecule has 3 aromatic rings. The van der Waals surface area contributed by atoms with Gasteiger partial charge in [0.1, 0.15) is 17.2 Å². The minimum atomic E-state index is 0.611. The van der Waals surface area contributed by atoms with Gasteiger partial charge >= 0.3 is 0 Å². The summed E-state index contributed by atoms with van der Waals surface area (Å²) in [4.78, 5) is 4.63. The van der Waals surface area contributed by atoms with Crippen LogP contribution in [-0.4, -0.2) is 16.5 Å². The highest BCUT2D eigenvalue weighted by molar-refractivity contribution is 5.75. The fourth-order valence-electron chi connectivity index (χ4n) is 2.30. The van der Waals surface area contributed by atoms with Crippen molar-refractivity contribution in [2.45, 2.75) is 13.5 Å². The SMILES string of the molecule is COCc1ccc(-c2nc3cc(C)ccn3c2N)cc1. The van der Waals surface area contributed by atoms with Crippen LogP contribution in [0.2, 0.25) is 0 Å². The molecule has 0 saturated carbocycles. The Balaban J connectivity index is 2.07. The summed E-state index contributed by atoms with van der Waals surface area (Å²) in [6, 6.07) is 12.2. The van der Waals surface area contributed by atoms with Crippen LogP contribution in [0.1, 0.15) is 11.1 Å². The average molecular weight is 267 g/mol. The summed E-state index contributed by atoms with van der Waals surface area (Å²) >= 11 is 0. The second-order valence-electron chi connectivity index (χ2n) is 4.91. The second kappa shape index (κ2) is 4.98. The zero-order valence-electron chi connectivity index (χ0n) is 11.6. The van der Waals surface area contributed by atoms with Crippen molar-refractivity contribution in [1.82, 2.24) is 9.38 Å². The lowest BCUT2D eigenvalue weighted by molar-refractivity contribution is 0.185. The lowest BCUT2D eigenvalue weighted by atomic mass is 10.1. The van der Waals surface area contributed by atoms with E-state index < -0.39 is 0 Å². The van der Waals surface area contributed by atoms with Crippen molar-refractivity contribution in [3.05, 3.63) is 53.7 Å². The van der Waals surface area contributed by atoms with Crippen molar-refractivity contribution < 1.29 is 4.74 Å². The summed E-state index contributed by atoms with van der Waals surface area (Å²) < 4.78 is 7.02. The van der Waals surface area contributed by atoms with E-state index in [0.717, 1.165) is 22.5 Å². The van der Waals surface area contributed by atoms with E-state index in [1.54, 1.807) is 7.11 Å². The Morgan fingerprint density at radius 2 is 1.95 bits per heavy atom. The highest BCUT2D eigenvalue weighted by Crippen LogP contribution is 2.27. The van der Waals surface area contributed by atoms with E-state index in [-0.39, 0.29) is 0 Å². The minimum Gasteiger partial charge on any atom is -0.383 e. The normalized spacial score (nSPS) is 11.1. The van der Waals surface area contributed by atoms with Crippen LogP contribution in [0.25, 0.3) is 16.9 Å². The smallest absolute Gasteiger partial charge is 0.139 e. The first kappa shape index (κ1) is 12.7. The maximum absolute atomic E-state index is 6.19. The van der Waals surface area contributed by atoms with Crippen molar-refractivity contribution in [3.8, 4) is 11.3 Å². The first-order valence-corrected chi connectivity index (χ1v) is 6.51. The van der Waals surface area contributed by atoms with Gasteiger partial charge in [-0.3, -0.25) is 4.40 Å². The number of pyridine rings is 1. The average Bonchev–Trinajstić information content (AvgIpc) is 2.77. The third-order valence-corrected chi connectivity index (χ3v) is 3.36. The molecule has 20 heavy (non-hydrogen) atoms. The predicted molar refractivity (Wildman–Crippen MR) is 80.5 cm³/mol. The van der Waals surface area contributed by atoms with Crippen molar-refractivity contribution in [3.63, 3.8) is 0 Å². The fraction of sp³-hybridized carbons (Fsp3) is 0.188. The Labute approximate surface area is 117 Å². The van der Waals surface area contributed by atoms with Gasteiger partial charge in [0.05, 0.1) is 6.61 Å². The monoisotopic (exact) mass is 267 g/mol. The summed E-state index contributed by atoms with van der Waals surface area (Å²) in [6.07, 6.45) is 1.95. The number of ether oxygens (including phenoxy) is 1. The number of hydrogen-bond donors (Lipinski definition) is 1. The highest BCUT2D eigenvalue weighted by atomic mass is 16.5. The number of nitrogens with zero attached hydrogens (tertiary/aromatic N) is 2. The Morgan fingerprint density at radius 1 is 1.20 bits per heavy atom. The van der Waals surface area contributed by atoms with Crippen molar-refractivity contribution in [2.75, 3.05) is 12.8 Å². The van der Waals surface area contributed by atoms with E-state index in [1.807, 2.05) is 53.9 Å². The minimum absolute atomic E-state index is 0.611. The summed E-state index contributed by atoms with van der Waals surface area (Å²) in [5.41, 5.74) is 11.2. The number of fused-ring (bicyclic) bond motifs is 1. The molecule has 0 fully saturated rings. The van der Waals surface area contributed by atoms with E-state index in [9.17, 15) is 0 Å². The molecule has 2 heterocycles. The van der Waals surface area contributed by atoms with Crippen LogP contribution in [0.3, 0.4) is 0 Å². The summed E-state index contributed by atoms with van der Waals surface area (Å²) in [7, 11) is 1.69. The quantitative estimate of drug-likeness (QED) is 0.793. The van der Waals surface area contributed by atoms with Gasteiger partial charge in [0.2, 0.25) is 0 Å². The first-order valence-electron chi connectivity index (χ1n) is 6.51. The molecular formula is C16H17N3O. The third-order valence-electron chi connectivity index (χ3n) is 3.36. The molecule has 4 nitrogen and oxygen atoms in total. The third kappa shape index (κ3) is 2.14. The molecule has 3 rings (SSSR count). The molecule has 0 amide bonds. The van der Waals surface area contributed by atoms with E-state index in [0.29, 0.717) is 12.4 Å². The lowest BCUT2D eigenvalue weighted by Crippen LogP contribution is -1.94. The van der Waals surface area contributed by atoms with Gasteiger partial charge in [0.25, 0.3) is 0 Å². The molecule has 0 aliphatic carbocycles. The van der Waals surface area contributed by atoms with Crippen LogP contribution in [0.5, 0.6) is 0 Å². The molecule has 0 saturated heterocycles. The van der Waals surface area contributed by atoms with E-state index in [1.165, 1.54) is 5.56 Å². The molecule has 4 heteroatoms. The van der Waals surface area contributed by atoms with E-state index in [2.05, 4.69) is 4.98 Å². The maximum Gasteiger partial charge on any atom is 0.139 e. The van der Waals surface area contributed by atoms with Gasteiger partial charge in [-0.2, -0.15) is 0 Å². The number of nitrogens with two attached hydrogens (primary N) is 1. The lowest BCUT2D eigenvalue weighted by Gasteiger charge is -2.02. The van der Waals surface area contributed by atoms with Gasteiger partial charge in [-0.15, -0.1) is 0 Å². The Morgan fingerprint density at radius 3 is 2.65 bits per heavy atom. The molecule has 0 spiro atoms. The first-order chi connectivity index (χ1) is 9.69. The molecule has 2 aromatic heterocycles. The molecular weight excluding hydrogens is 250 g/mol. The predicted octanol–water partition coefficient (Wildman–Crippen LogP) is 3.04. The van der Waals surface area contributed by atoms with E-state index >= 15 is 0 Å². The molecule has 2 N–H and O–H groups in total. The number of aryl methyl sites for hydroxylation is 1. The molecule has 0 aliphatic rings. The summed E-state index contributed by atoms with van der Waals surface area (Å²) in [5.74, 6) is 0.666. The molecule has 102 valence electrons.